The molecule has 1 saturated carbocycles. The maximum atomic E-state index is 13.1. The number of benzene rings is 1. The second kappa shape index (κ2) is 2.95. The van der Waals surface area contributed by atoms with Crippen LogP contribution in [0.15, 0.2) is 18.2 Å². The minimum atomic E-state index is -0.561. The van der Waals surface area contributed by atoms with Gasteiger partial charge in [0.05, 0.1) is 0 Å². The van der Waals surface area contributed by atoms with Gasteiger partial charge in [-0.2, -0.15) is 0 Å². The molecule has 2 nitrogen and oxygen atoms in total. The van der Waals surface area contributed by atoms with Crippen molar-refractivity contribution in [1.82, 2.24) is 0 Å². The molecule has 0 amide bonds. The highest BCUT2D eigenvalue weighted by Crippen LogP contribution is 2.53. The van der Waals surface area contributed by atoms with Gasteiger partial charge in [-0.1, -0.05) is 12.1 Å². The molecule has 1 aromatic carbocycles. The summed E-state index contributed by atoms with van der Waals surface area (Å²) in [6.07, 6.45) is 1.86. The van der Waals surface area contributed by atoms with E-state index in [-0.39, 0.29) is 17.2 Å². The van der Waals surface area contributed by atoms with E-state index in [4.69, 9.17) is 5.73 Å². The predicted molar refractivity (Wildman–Crippen MR) is 52.6 cm³/mol. The number of rotatable bonds is 2. The summed E-state index contributed by atoms with van der Waals surface area (Å²) in [4.78, 5) is 0. The van der Waals surface area contributed by atoms with Gasteiger partial charge in [0.25, 0.3) is 0 Å². The molecule has 76 valence electrons. The molecular weight excluding hydrogens is 181 g/mol. The van der Waals surface area contributed by atoms with Gasteiger partial charge in [0.2, 0.25) is 0 Å². The van der Waals surface area contributed by atoms with Crippen LogP contribution in [-0.4, -0.2) is 11.1 Å². The molecule has 0 heterocycles. The van der Waals surface area contributed by atoms with Crippen LogP contribution in [0.25, 0.3) is 0 Å². The van der Waals surface area contributed by atoms with Gasteiger partial charge < -0.3 is 10.8 Å². The lowest BCUT2D eigenvalue weighted by molar-refractivity contribution is 0.410. The average molecular weight is 195 g/mol. The van der Waals surface area contributed by atoms with Crippen molar-refractivity contribution >= 4 is 0 Å². The van der Waals surface area contributed by atoms with Crippen molar-refractivity contribution in [3.8, 4) is 5.75 Å². The van der Waals surface area contributed by atoms with E-state index < -0.39 is 5.82 Å². The number of para-hydroxylation sites is 1. The third kappa shape index (κ3) is 1.20. The lowest BCUT2D eigenvalue weighted by Crippen LogP contribution is -2.31. The largest absolute Gasteiger partial charge is 0.505 e. The second-order valence-electron chi connectivity index (χ2n) is 4.08. The molecule has 1 atom stereocenters. The van der Waals surface area contributed by atoms with E-state index >= 15 is 0 Å². The average Bonchev–Trinajstić information content (AvgIpc) is 2.90. The van der Waals surface area contributed by atoms with Gasteiger partial charge >= 0.3 is 0 Å². The highest BCUT2D eigenvalue weighted by Gasteiger charge is 2.49. The summed E-state index contributed by atoms with van der Waals surface area (Å²) in [5, 5.41) is 9.59. The molecule has 1 fully saturated rings. The molecule has 3 heteroatoms. The van der Waals surface area contributed by atoms with Crippen molar-refractivity contribution in [2.45, 2.75) is 31.2 Å². The zero-order valence-electron chi connectivity index (χ0n) is 8.13. The van der Waals surface area contributed by atoms with Crippen molar-refractivity contribution in [2.75, 3.05) is 0 Å². The molecule has 0 bridgehead atoms. The number of aromatic hydroxyl groups is 1. The van der Waals surface area contributed by atoms with Gasteiger partial charge in [-0.3, -0.25) is 0 Å². The standard InChI is InChI=1S/C11H14FNO/c1-7(13)11(5-6-11)8-3-2-4-9(12)10(8)14/h2-4,7,14H,5-6,13H2,1H3. The minimum Gasteiger partial charge on any atom is -0.505 e. The van der Waals surface area contributed by atoms with E-state index in [0.29, 0.717) is 5.56 Å². The Bertz CT molecular complexity index is 358. The van der Waals surface area contributed by atoms with Crippen LogP contribution in [0.4, 0.5) is 4.39 Å². The summed E-state index contributed by atoms with van der Waals surface area (Å²) in [7, 11) is 0. The second-order valence-corrected chi connectivity index (χ2v) is 4.08. The Morgan fingerprint density at radius 2 is 2.14 bits per heavy atom. The normalized spacial score (nSPS) is 20.5. The number of hydrogen-bond donors (Lipinski definition) is 2. The molecule has 14 heavy (non-hydrogen) atoms. The summed E-state index contributed by atoms with van der Waals surface area (Å²) in [6.45, 7) is 1.90. The van der Waals surface area contributed by atoms with Gasteiger partial charge in [0.15, 0.2) is 11.6 Å². The molecule has 0 saturated heterocycles. The zero-order chi connectivity index (χ0) is 10.3. The Labute approximate surface area is 82.5 Å². The van der Waals surface area contributed by atoms with E-state index in [1.165, 1.54) is 6.07 Å². The van der Waals surface area contributed by atoms with Crippen molar-refractivity contribution in [3.05, 3.63) is 29.6 Å². The van der Waals surface area contributed by atoms with Gasteiger partial charge in [0.1, 0.15) is 0 Å². The summed E-state index contributed by atoms with van der Waals surface area (Å²) in [5.41, 5.74) is 6.32. The fourth-order valence-electron chi connectivity index (χ4n) is 2.02. The summed E-state index contributed by atoms with van der Waals surface area (Å²) in [5.74, 6) is -0.795. The SMILES string of the molecule is CC(N)C1(c2cccc(F)c2O)CC1. The van der Waals surface area contributed by atoms with Gasteiger partial charge in [-0.05, 0) is 25.8 Å². The van der Waals surface area contributed by atoms with E-state index in [2.05, 4.69) is 0 Å². The number of halogens is 1. The maximum Gasteiger partial charge on any atom is 0.165 e. The number of hydrogen-bond acceptors (Lipinski definition) is 2. The van der Waals surface area contributed by atoms with Gasteiger partial charge in [0, 0.05) is 17.0 Å². The van der Waals surface area contributed by atoms with Crippen molar-refractivity contribution < 1.29 is 9.50 Å². The summed E-state index contributed by atoms with van der Waals surface area (Å²) < 4.78 is 13.1. The lowest BCUT2D eigenvalue weighted by atomic mass is 9.89. The molecule has 0 aromatic heterocycles. The monoisotopic (exact) mass is 195 g/mol. The molecule has 2 rings (SSSR count). The zero-order valence-corrected chi connectivity index (χ0v) is 8.13. The van der Waals surface area contributed by atoms with Gasteiger partial charge in [-0.25, -0.2) is 4.39 Å². The van der Waals surface area contributed by atoms with Crippen molar-refractivity contribution in [3.63, 3.8) is 0 Å². The van der Waals surface area contributed by atoms with E-state index in [1.807, 2.05) is 6.92 Å². The summed E-state index contributed by atoms with van der Waals surface area (Å²) >= 11 is 0. The van der Waals surface area contributed by atoms with Crippen molar-refractivity contribution in [1.29, 1.82) is 0 Å². The molecule has 1 aliphatic rings. The van der Waals surface area contributed by atoms with Crippen LogP contribution in [0.5, 0.6) is 5.75 Å². The van der Waals surface area contributed by atoms with Crippen LogP contribution in [0.1, 0.15) is 25.3 Å². The fourth-order valence-corrected chi connectivity index (χ4v) is 2.02. The van der Waals surface area contributed by atoms with E-state index in [9.17, 15) is 9.50 Å². The molecule has 0 aliphatic heterocycles. The Kier molecular flexibility index (Phi) is 2.00. The van der Waals surface area contributed by atoms with Crippen LogP contribution in [0.3, 0.4) is 0 Å². The van der Waals surface area contributed by atoms with Crippen LogP contribution in [-0.2, 0) is 5.41 Å². The third-order valence-electron chi connectivity index (χ3n) is 3.18. The Morgan fingerprint density at radius 1 is 1.50 bits per heavy atom. The molecule has 1 aliphatic carbocycles. The first kappa shape index (κ1) is 9.46. The highest BCUT2D eigenvalue weighted by molar-refractivity contribution is 5.44. The first-order valence-electron chi connectivity index (χ1n) is 4.81. The van der Waals surface area contributed by atoms with Crippen LogP contribution >= 0.6 is 0 Å². The molecule has 1 aromatic rings. The first-order chi connectivity index (χ1) is 6.58. The molecule has 3 N–H and O–H groups in total. The minimum absolute atomic E-state index is 0.0461. The number of phenolic OH excluding ortho intramolecular Hbond substituents is 1. The van der Waals surface area contributed by atoms with Crippen LogP contribution in [0.2, 0.25) is 0 Å². The topological polar surface area (TPSA) is 46.2 Å². The van der Waals surface area contributed by atoms with Crippen LogP contribution in [0, 0.1) is 5.82 Å². The lowest BCUT2D eigenvalue weighted by Gasteiger charge is -2.21. The van der Waals surface area contributed by atoms with E-state index in [1.54, 1.807) is 12.1 Å². The maximum absolute atomic E-state index is 13.1. The Hall–Kier alpha value is -1.09. The fraction of sp³-hybridized carbons (Fsp3) is 0.455. The van der Waals surface area contributed by atoms with E-state index in [0.717, 1.165) is 12.8 Å². The van der Waals surface area contributed by atoms with Gasteiger partial charge in [-0.15, -0.1) is 0 Å². The van der Waals surface area contributed by atoms with Crippen LogP contribution < -0.4 is 5.73 Å². The molecule has 1 unspecified atom stereocenters. The number of nitrogens with two attached hydrogens (primary N) is 1. The number of phenols is 1. The molecule has 0 spiro atoms. The summed E-state index contributed by atoms with van der Waals surface area (Å²) in [6, 6.07) is 4.59. The quantitative estimate of drug-likeness (QED) is 0.757. The predicted octanol–water partition coefficient (Wildman–Crippen LogP) is 1.91. The smallest absolute Gasteiger partial charge is 0.165 e. The Balaban J connectivity index is 2.47. The Morgan fingerprint density at radius 3 is 2.64 bits per heavy atom. The third-order valence-corrected chi connectivity index (χ3v) is 3.18. The first-order valence-corrected chi connectivity index (χ1v) is 4.81. The molecule has 0 radical (unpaired) electrons. The highest BCUT2D eigenvalue weighted by atomic mass is 19.1. The van der Waals surface area contributed by atoms with Crippen molar-refractivity contribution in [2.24, 2.45) is 5.73 Å². The molecular formula is C11H14FNO.